The van der Waals surface area contributed by atoms with Crippen molar-refractivity contribution < 1.29 is 14.3 Å². The van der Waals surface area contributed by atoms with Crippen molar-refractivity contribution in [2.24, 2.45) is 4.99 Å². The highest BCUT2D eigenvalue weighted by molar-refractivity contribution is 8.14. The van der Waals surface area contributed by atoms with Gasteiger partial charge >= 0.3 is 5.97 Å². The van der Waals surface area contributed by atoms with E-state index in [2.05, 4.69) is 11.6 Å². The van der Waals surface area contributed by atoms with Gasteiger partial charge in [0.2, 0.25) is 5.91 Å². The summed E-state index contributed by atoms with van der Waals surface area (Å²) in [6.07, 6.45) is 1.90. The first-order chi connectivity index (χ1) is 12.0. The molecule has 7 heteroatoms. The third kappa shape index (κ3) is 3.50. The lowest BCUT2D eigenvalue weighted by molar-refractivity contribution is -0.139. The van der Waals surface area contributed by atoms with Gasteiger partial charge in [-0.15, -0.1) is 0 Å². The lowest BCUT2D eigenvalue weighted by atomic mass is 9.94. The summed E-state index contributed by atoms with van der Waals surface area (Å²) in [5.74, 6) is 0.109. The number of amidine groups is 1. The van der Waals surface area contributed by atoms with Gasteiger partial charge in [0.25, 0.3) is 0 Å². The number of benzene rings is 1. The molecule has 130 valence electrons. The molecule has 0 bridgehead atoms. The lowest BCUT2D eigenvalue weighted by Gasteiger charge is -2.38. The average Bonchev–Trinajstić information content (AvgIpc) is 2.58. The fourth-order valence-electron chi connectivity index (χ4n) is 2.86. The second-order valence-electron chi connectivity index (χ2n) is 5.60. The Morgan fingerprint density at radius 2 is 2.36 bits per heavy atom. The first-order valence-corrected chi connectivity index (χ1v) is 9.17. The maximum absolute atomic E-state index is 12.6. The standard InChI is InChI=1S/C18H17ClN2O3S/c1-3-8-24-17(23)15-11(2)20-18-21(14(22)7-9-25-18)16(15)12-5-4-6-13(19)10-12/h3-6,10,16H,1,7-9H2,2H3/t16-/m0/s1. The summed E-state index contributed by atoms with van der Waals surface area (Å²) < 4.78 is 5.24. The van der Waals surface area contributed by atoms with Crippen LogP contribution in [-0.2, 0) is 14.3 Å². The highest BCUT2D eigenvalue weighted by Gasteiger charge is 2.41. The zero-order chi connectivity index (χ0) is 18.0. The number of esters is 1. The molecule has 0 radical (unpaired) electrons. The number of hydrogen-bond acceptors (Lipinski definition) is 5. The van der Waals surface area contributed by atoms with Gasteiger partial charge in [-0.1, -0.05) is 48.2 Å². The quantitative estimate of drug-likeness (QED) is 0.593. The van der Waals surface area contributed by atoms with Crippen molar-refractivity contribution in [1.82, 2.24) is 4.90 Å². The van der Waals surface area contributed by atoms with Gasteiger partial charge in [0.05, 0.1) is 17.3 Å². The summed E-state index contributed by atoms with van der Waals surface area (Å²) in [5, 5.41) is 1.15. The lowest BCUT2D eigenvalue weighted by Crippen LogP contribution is -2.45. The Kier molecular flexibility index (Phi) is 5.30. The second-order valence-corrected chi connectivity index (χ2v) is 7.10. The number of nitrogens with zero attached hydrogens (tertiary/aromatic N) is 2. The summed E-state index contributed by atoms with van der Waals surface area (Å²) in [6, 6.07) is 6.56. The van der Waals surface area contributed by atoms with Crippen LogP contribution in [0, 0.1) is 0 Å². The number of aliphatic imine (C=N–C) groups is 1. The molecule has 0 saturated carbocycles. The fraction of sp³-hybridized carbons (Fsp3) is 0.278. The molecule has 1 aromatic carbocycles. The van der Waals surface area contributed by atoms with Crippen LogP contribution in [0.3, 0.4) is 0 Å². The molecule has 1 amide bonds. The number of rotatable bonds is 4. The summed E-state index contributed by atoms with van der Waals surface area (Å²) >= 11 is 7.65. The number of fused-ring (bicyclic) bond motifs is 1. The molecule has 0 aliphatic carbocycles. The van der Waals surface area contributed by atoms with Crippen molar-refractivity contribution in [3.8, 4) is 0 Å². The minimum atomic E-state index is -0.594. The van der Waals surface area contributed by atoms with Gasteiger partial charge in [0.1, 0.15) is 6.61 Å². The minimum Gasteiger partial charge on any atom is -0.458 e. The van der Waals surface area contributed by atoms with Crippen molar-refractivity contribution in [2.75, 3.05) is 12.4 Å². The highest BCUT2D eigenvalue weighted by Crippen LogP contribution is 2.40. The Balaban J connectivity index is 2.13. The number of carbonyl (C=O) groups excluding carboxylic acids is 2. The van der Waals surface area contributed by atoms with Crippen molar-refractivity contribution in [2.45, 2.75) is 19.4 Å². The molecule has 3 rings (SSSR count). The molecule has 2 heterocycles. The average molecular weight is 377 g/mol. The largest absolute Gasteiger partial charge is 0.458 e. The molecule has 2 aliphatic heterocycles. The Morgan fingerprint density at radius 1 is 1.56 bits per heavy atom. The molecule has 1 aromatic rings. The molecule has 0 unspecified atom stereocenters. The predicted octanol–water partition coefficient (Wildman–Crippen LogP) is 3.72. The molecule has 25 heavy (non-hydrogen) atoms. The Labute approximate surface area is 155 Å². The van der Waals surface area contributed by atoms with Crippen LogP contribution in [-0.4, -0.2) is 34.3 Å². The zero-order valence-electron chi connectivity index (χ0n) is 13.7. The van der Waals surface area contributed by atoms with E-state index < -0.39 is 12.0 Å². The molecule has 5 nitrogen and oxygen atoms in total. The van der Waals surface area contributed by atoms with Gasteiger partial charge in [-0.05, 0) is 24.6 Å². The maximum Gasteiger partial charge on any atom is 0.338 e. The van der Waals surface area contributed by atoms with E-state index in [1.54, 1.807) is 30.0 Å². The normalized spacial score (nSPS) is 20.1. The van der Waals surface area contributed by atoms with Crippen LogP contribution in [0.5, 0.6) is 0 Å². The van der Waals surface area contributed by atoms with Crippen LogP contribution in [0.1, 0.15) is 24.9 Å². The monoisotopic (exact) mass is 376 g/mol. The molecule has 1 saturated heterocycles. The number of carbonyl (C=O) groups is 2. The van der Waals surface area contributed by atoms with E-state index in [-0.39, 0.29) is 12.5 Å². The molecular formula is C18H17ClN2O3S. The van der Waals surface area contributed by atoms with E-state index in [1.807, 2.05) is 6.07 Å². The van der Waals surface area contributed by atoms with Crippen LogP contribution >= 0.6 is 23.4 Å². The predicted molar refractivity (Wildman–Crippen MR) is 99.4 cm³/mol. The smallest absolute Gasteiger partial charge is 0.338 e. The summed E-state index contributed by atoms with van der Waals surface area (Å²) in [7, 11) is 0. The van der Waals surface area contributed by atoms with Gasteiger partial charge < -0.3 is 4.74 Å². The summed E-state index contributed by atoms with van der Waals surface area (Å²) in [6.45, 7) is 5.41. The third-order valence-corrected chi connectivity index (χ3v) is 5.11. The van der Waals surface area contributed by atoms with Gasteiger partial charge in [0, 0.05) is 17.2 Å². The van der Waals surface area contributed by atoms with Crippen LogP contribution in [0.15, 0.2) is 53.2 Å². The molecule has 1 atom stereocenters. The van der Waals surface area contributed by atoms with E-state index in [9.17, 15) is 9.59 Å². The molecule has 1 fully saturated rings. The molecule has 0 N–H and O–H groups in total. The van der Waals surface area contributed by atoms with Crippen molar-refractivity contribution >= 4 is 40.4 Å². The summed E-state index contributed by atoms with van der Waals surface area (Å²) in [4.78, 5) is 31.3. The van der Waals surface area contributed by atoms with Crippen LogP contribution in [0.25, 0.3) is 0 Å². The first kappa shape index (κ1) is 17.8. The minimum absolute atomic E-state index is 0.0657. The zero-order valence-corrected chi connectivity index (χ0v) is 15.3. The van der Waals surface area contributed by atoms with E-state index >= 15 is 0 Å². The Bertz CT molecular complexity index is 803. The van der Waals surface area contributed by atoms with Gasteiger partial charge in [-0.3, -0.25) is 9.69 Å². The number of allylic oxidation sites excluding steroid dienone is 1. The number of thioether (sulfide) groups is 1. The molecule has 0 spiro atoms. The van der Waals surface area contributed by atoms with Crippen molar-refractivity contribution in [3.05, 3.63) is 58.8 Å². The van der Waals surface area contributed by atoms with E-state index in [1.165, 1.54) is 17.8 Å². The third-order valence-electron chi connectivity index (χ3n) is 3.92. The number of hydrogen-bond donors (Lipinski definition) is 0. The highest BCUT2D eigenvalue weighted by atomic mass is 35.5. The second kappa shape index (κ2) is 7.45. The molecular weight excluding hydrogens is 360 g/mol. The molecule has 2 aliphatic rings. The Hall–Kier alpha value is -2.05. The van der Waals surface area contributed by atoms with Gasteiger partial charge in [0.15, 0.2) is 5.17 Å². The van der Waals surface area contributed by atoms with Gasteiger partial charge in [-0.25, -0.2) is 9.79 Å². The summed E-state index contributed by atoms with van der Waals surface area (Å²) in [5.41, 5.74) is 1.65. The number of ether oxygens (including phenoxy) is 1. The van der Waals surface area contributed by atoms with Crippen molar-refractivity contribution in [1.29, 1.82) is 0 Å². The van der Waals surface area contributed by atoms with Crippen LogP contribution in [0.2, 0.25) is 5.02 Å². The fourth-order valence-corrected chi connectivity index (χ4v) is 4.07. The SMILES string of the molecule is C=CCOC(=O)C1=C(C)N=C2SCCC(=O)N2[C@H]1c1cccc(Cl)c1. The van der Waals surface area contributed by atoms with Crippen molar-refractivity contribution in [3.63, 3.8) is 0 Å². The maximum atomic E-state index is 12.6. The van der Waals surface area contributed by atoms with E-state index in [4.69, 9.17) is 16.3 Å². The number of amides is 1. The number of halogens is 1. The molecule has 0 aromatic heterocycles. The van der Waals surface area contributed by atoms with Crippen LogP contribution < -0.4 is 0 Å². The van der Waals surface area contributed by atoms with E-state index in [0.717, 1.165) is 5.56 Å². The van der Waals surface area contributed by atoms with E-state index in [0.29, 0.717) is 33.6 Å². The topological polar surface area (TPSA) is 59.0 Å². The first-order valence-electron chi connectivity index (χ1n) is 7.80. The van der Waals surface area contributed by atoms with Gasteiger partial charge in [-0.2, -0.15) is 0 Å². The van der Waals surface area contributed by atoms with Crippen LogP contribution in [0.4, 0.5) is 0 Å². The Morgan fingerprint density at radius 3 is 3.08 bits per heavy atom.